The van der Waals surface area contributed by atoms with E-state index in [2.05, 4.69) is 20.4 Å². The smallest absolute Gasteiger partial charge is 0.193 e. The number of hydrogen-bond donors (Lipinski definition) is 1. The van der Waals surface area contributed by atoms with Crippen molar-refractivity contribution in [1.82, 2.24) is 25.0 Å². The van der Waals surface area contributed by atoms with E-state index in [1.54, 1.807) is 13.1 Å². The molecule has 0 fully saturated rings. The van der Waals surface area contributed by atoms with Gasteiger partial charge in [-0.15, -0.1) is 24.0 Å². The number of rotatable bonds is 5. The van der Waals surface area contributed by atoms with Gasteiger partial charge < -0.3 is 10.2 Å². The molecule has 2 aromatic heterocycles. The molecule has 0 aliphatic heterocycles. The first-order valence-electron chi connectivity index (χ1n) is 9.11. The predicted octanol–water partition coefficient (Wildman–Crippen LogP) is 3.85. The Hall–Kier alpha value is -2.49. The maximum atomic E-state index is 13.4. The van der Waals surface area contributed by atoms with Crippen molar-refractivity contribution < 1.29 is 4.39 Å². The van der Waals surface area contributed by atoms with Crippen LogP contribution in [0.2, 0.25) is 0 Å². The summed E-state index contributed by atoms with van der Waals surface area (Å²) in [5.41, 5.74) is 3.94. The molecule has 6 nitrogen and oxygen atoms in total. The summed E-state index contributed by atoms with van der Waals surface area (Å²) in [5, 5.41) is 7.77. The number of aryl methyl sites for hydroxylation is 2. The first-order chi connectivity index (χ1) is 13.5. The van der Waals surface area contributed by atoms with Crippen LogP contribution in [0.5, 0.6) is 0 Å². The van der Waals surface area contributed by atoms with Crippen molar-refractivity contribution in [3.05, 3.63) is 77.0 Å². The first kappa shape index (κ1) is 22.8. The number of pyridine rings is 1. The monoisotopic (exact) mass is 508 g/mol. The average Bonchev–Trinajstić information content (AvgIpc) is 3.01. The van der Waals surface area contributed by atoms with Crippen molar-refractivity contribution in [2.24, 2.45) is 4.99 Å². The maximum Gasteiger partial charge on any atom is 0.193 e. The van der Waals surface area contributed by atoms with Gasteiger partial charge in [0.25, 0.3) is 0 Å². The summed E-state index contributed by atoms with van der Waals surface area (Å²) in [6.45, 7) is 5.13. The van der Waals surface area contributed by atoms with Crippen molar-refractivity contribution >= 4 is 29.9 Å². The Bertz CT molecular complexity index is 968. The Labute approximate surface area is 187 Å². The summed E-state index contributed by atoms with van der Waals surface area (Å²) in [6, 6.07) is 12.6. The molecule has 0 aliphatic rings. The molecule has 29 heavy (non-hydrogen) atoms. The van der Waals surface area contributed by atoms with Gasteiger partial charge in [0.1, 0.15) is 5.82 Å². The van der Waals surface area contributed by atoms with Crippen LogP contribution in [0.3, 0.4) is 0 Å². The highest BCUT2D eigenvalue weighted by molar-refractivity contribution is 14.0. The zero-order valence-corrected chi connectivity index (χ0v) is 19.4. The second kappa shape index (κ2) is 10.3. The summed E-state index contributed by atoms with van der Waals surface area (Å²) < 4.78 is 15.2. The molecule has 8 heteroatoms. The third kappa shape index (κ3) is 5.99. The van der Waals surface area contributed by atoms with Crippen LogP contribution < -0.4 is 5.32 Å². The topological polar surface area (TPSA) is 58.3 Å². The van der Waals surface area contributed by atoms with E-state index in [4.69, 9.17) is 0 Å². The molecule has 2 heterocycles. The van der Waals surface area contributed by atoms with Gasteiger partial charge in [-0.05, 0) is 49.2 Å². The first-order valence-corrected chi connectivity index (χ1v) is 9.11. The summed E-state index contributed by atoms with van der Waals surface area (Å²) >= 11 is 0. The van der Waals surface area contributed by atoms with Crippen LogP contribution in [-0.2, 0) is 13.1 Å². The van der Waals surface area contributed by atoms with Gasteiger partial charge in [0, 0.05) is 39.1 Å². The average molecular weight is 508 g/mol. The quantitative estimate of drug-likeness (QED) is 0.323. The zero-order chi connectivity index (χ0) is 20.1. The second-order valence-corrected chi connectivity index (χ2v) is 6.75. The minimum Gasteiger partial charge on any atom is -0.352 e. The molecule has 0 amide bonds. The van der Waals surface area contributed by atoms with Crippen LogP contribution in [0.25, 0.3) is 5.82 Å². The van der Waals surface area contributed by atoms with Crippen LogP contribution in [-0.4, -0.2) is 39.7 Å². The fraction of sp³-hybridized carbons (Fsp3) is 0.286. The van der Waals surface area contributed by atoms with Crippen molar-refractivity contribution in [3.8, 4) is 5.82 Å². The number of hydrogen-bond acceptors (Lipinski definition) is 3. The maximum absolute atomic E-state index is 13.4. The fourth-order valence-electron chi connectivity index (χ4n) is 3.06. The van der Waals surface area contributed by atoms with Crippen LogP contribution in [0.4, 0.5) is 4.39 Å². The molecule has 3 aromatic rings. The summed E-state index contributed by atoms with van der Waals surface area (Å²) in [7, 11) is 3.65. The number of benzene rings is 1. The highest BCUT2D eigenvalue weighted by Crippen LogP contribution is 2.11. The van der Waals surface area contributed by atoms with Crippen molar-refractivity contribution in [1.29, 1.82) is 0 Å². The SMILES string of the molecule is CN=C(NCc1ccc(-n2nc(C)cc2C)nc1)N(C)Cc1cccc(F)c1.I. The highest BCUT2D eigenvalue weighted by atomic mass is 127. The van der Waals surface area contributed by atoms with E-state index in [1.165, 1.54) is 12.1 Å². The van der Waals surface area contributed by atoms with Crippen molar-refractivity contribution in [2.75, 3.05) is 14.1 Å². The normalized spacial score (nSPS) is 11.1. The van der Waals surface area contributed by atoms with Crippen molar-refractivity contribution in [3.63, 3.8) is 0 Å². The van der Waals surface area contributed by atoms with Gasteiger partial charge in [-0.25, -0.2) is 14.1 Å². The van der Waals surface area contributed by atoms with Gasteiger partial charge in [0.2, 0.25) is 0 Å². The van der Waals surface area contributed by atoms with Crippen LogP contribution >= 0.6 is 24.0 Å². The number of halogens is 2. The molecule has 0 saturated heterocycles. The molecule has 0 unspecified atom stereocenters. The Balaban J connectivity index is 0.00000300. The zero-order valence-electron chi connectivity index (χ0n) is 17.1. The molecule has 1 aromatic carbocycles. The summed E-state index contributed by atoms with van der Waals surface area (Å²) in [5.74, 6) is 1.29. The molecule has 154 valence electrons. The number of aliphatic imine (C=N–C) groups is 1. The molecule has 1 N–H and O–H groups in total. The van der Waals surface area contributed by atoms with Crippen molar-refractivity contribution in [2.45, 2.75) is 26.9 Å². The van der Waals surface area contributed by atoms with Gasteiger partial charge in [-0.1, -0.05) is 18.2 Å². The molecule has 3 rings (SSSR count). The molecule has 0 radical (unpaired) electrons. The summed E-state index contributed by atoms with van der Waals surface area (Å²) in [4.78, 5) is 10.8. The lowest BCUT2D eigenvalue weighted by Crippen LogP contribution is -2.38. The molecular weight excluding hydrogens is 482 g/mol. The third-order valence-electron chi connectivity index (χ3n) is 4.37. The number of guanidine groups is 1. The molecule has 0 bridgehead atoms. The summed E-state index contributed by atoms with van der Waals surface area (Å²) in [6.07, 6.45) is 1.83. The second-order valence-electron chi connectivity index (χ2n) is 6.75. The molecular formula is C21H26FIN6. The largest absolute Gasteiger partial charge is 0.352 e. The van der Waals surface area contributed by atoms with Gasteiger partial charge in [-0.3, -0.25) is 4.99 Å². The van der Waals surface area contributed by atoms with Crippen LogP contribution in [0.15, 0.2) is 53.7 Å². The van der Waals surface area contributed by atoms with E-state index in [0.29, 0.717) is 13.1 Å². The number of nitrogens with one attached hydrogen (secondary N) is 1. The minimum atomic E-state index is -0.234. The minimum absolute atomic E-state index is 0. The lowest BCUT2D eigenvalue weighted by molar-refractivity contribution is 0.474. The molecule has 0 saturated carbocycles. The lowest BCUT2D eigenvalue weighted by atomic mass is 10.2. The number of nitrogens with zero attached hydrogens (tertiary/aromatic N) is 5. The Morgan fingerprint density at radius 1 is 1.17 bits per heavy atom. The third-order valence-corrected chi connectivity index (χ3v) is 4.37. The number of aromatic nitrogens is 3. The Morgan fingerprint density at radius 3 is 2.55 bits per heavy atom. The fourth-order valence-corrected chi connectivity index (χ4v) is 3.06. The van der Waals surface area contributed by atoms with E-state index in [-0.39, 0.29) is 29.8 Å². The van der Waals surface area contributed by atoms with Crippen LogP contribution in [0.1, 0.15) is 22.5 Å². The Morgan fingerprint density at radius 2 is 1.97 bits per heavy atom. The van der Waals surface area contributed by atoms with E-state index < -0.39 is 0 Å². The molecule has 0 spiro atoms. The van der Waals surface area contributed by atoms with Gasteiger partial charge in [0.15, 0.2) is 11.8 Å². The highest BCUT2D eigenvalue weighted by Gasteiger charge is 2.08. The van der Waals surface area contributed by atoms with Gasteiger partial charge in [-0.2, -0.15) is 5.10 Å². The van der Waals surface area contributed by atoms with E-state index in [9.17, 15) is 4.39 Å². The van der Waals surface area contributed by atoms with Gasteiger partial charge >= 0.3 is 0 Å². The standard InChI is InChI=1S/C21H25FN6.HI/c1-15-10-16(2)28(26-15)20-9-8-18(12-24-20)13-25-21(23-3)27(4)14-17-6-5-7-19(22)11-17;/h5-12H,13-14H2,1-4H3,(H,23,25);1H. The van der Waals surface area contributed by atoms with Crippen LogP contribution in [0, 0.1) is 19.7 Å². The van der Waals surface area contributed by atoms with E-state index in [0.717, 1.165) is 34.3 Å². The van der Waals surface area contributed by atoms with Gasteiger partial charge in [0.05, 0.1) is 5.69 Å². The molecule has 0 aliphatic carbocycles. The van der Waals surface area contributed by atoms with E-state index >= 15 is 0 Å². The predicted molar refractivity (Wildman–Crippen MR) is 124 cm³/mol. The van der Waals surface area contributed by atoms with E-state index in [1.807, 2.05) is 60.9 Å². The Kier molecular flexibility index (Phi) is 8.12. The molecule has 0 atom stereocenters. The lowest BCUT2D eigenvalue weighted by Gasteiger charge is -2.22.